The number of quaternary nitrogens is 1. The van der Waals surface area contributed by atoms with E-state index < -0.39 is 41.1 Å². The van der Waals surface area contributed by atoms with E-state index in [0.717, 1.165) is 5.56 Å². The number of carbonyl (C=O) groups excluding carboxylic acids is 4. The maximum absolute atomic E-state index is 13.8. The van der Waals surface area contributed by atoms with Crippen LogP contribution in [-0.4, -0.2) is 41.7 Å². The molecule has 9 heteroatoms. The van der Waals surface area contributed by atoms with Crippen molar-refractivity contribution in [2.75, 3.05) is 12.4 Å². The Morgan fingerprint density at radius 2 is 1.91 bits per heavy atom. The number of nitrogens with zero attached hydrogens (tertiary/aromatic N) is 1. The number of rotatable bonds is 5. The Bertz CT molecular complexity index is 1210. The Labute approximate surface area is 190 Å². The van der Waals surface area contributed by atoms with Crippen LogP contribution in [0.3, 0.4) is 0 Å². The van der Waals surface area contributed by atoms with E-state index in [2.05, 4.69) is 5.32 Å². The van der Waals surface area contributed by atoms with Crippen molar-refractivity contribution in [3.8, 4) is 5.75 Å². The van der Waals surface area contributed by atoms with Crippen molar-refractivity contribution >= 4 is 29.3 Å². The lowest BCUT2D eigenvalue weighted by atomic mass is 9.76. The molecule has 0 aromatic heterocycles. The normalized spacial score (nSPS) is 27.6. The number of aryl methyl sites for hydroxylation is 1. The number of amides is 4. The van der Waals surface area contributed by atoms with Gasteiger partial charge in [0.1, 0.15) is 23.6 Å². The van der Waals surface area contributed by atoms with Gasteiger partial charge in [-0.05, 0) is 18.6 Å². The molecule has 2 aromatic rings. The molecule has 4 amide bonds. The van der Waals surface area contributed by atoms with Gasteiger partial charge in [-0.25, -0.2) is 0 Å². The molecule has 5 rings (SSSR count). The number of primary amides is 1. The van der Waals surface area contributed by atoms with Gasteiger partial charge in [0.2, 0.25) is 23.3 Å². The second-order valence-corrected chi connectivity index (χ2v) is 8.90. The van der Waals surface area contributed by atoms with Crippen LogP contribution in [-0.2, 0) is 31.3 Å². The summed E-state index contributed by atoms with van der Waals surface area (Å²) in [6.07, 6.45) is -0.112. The number of methoxy groups -OCH3 is 1. The summed E-state index contributed by atoms with van der Waals surface area (Å²) in [5, 5.41) is 4.63. The number of hydrogen-bond donors (Lipinski definition) is 3. The van der Waals surface area contributed by atoms with Crippen LogP contribution in [0.15, 0.2) is 42.5 Å². The molecule has 5 N–H and O–H groups in total. The van der Waals surface area contributed by atoms with Gasteiger partial charge in [-0.3, -0.25) is 24.1 Å². The lowest BCUT2D eigenvalue weighted by Gasteiger charge is -2.26. The molecule has 3 heterocycles. The molecule has 33 heavy (non-hydrogen) atoms. The monoisotopic (exact) mass is 449 g/mol. The molecular formula is C24H25N4O5+. The Balaban J connectivity index is 1.61. The van der Waals surface area contributed by atoms with Crippen molar-refractivity contribution in [1.29, 1.82) is 0 Å². The summed E-state index contributed by atoms with van der Waals surface area (Å²) < 4.78 is 5.38. The number of anilines is 1. The quantitative estimate of drug-likeness (QED) is 0.542. The first kappa shape index (κ1) is 21.1. The first-order chi connectivity index (χ1) is 15.8. The van der Waals surface area contributed by atoms with E-state index in [1.807, 2.05) is 19.1 Å². The first-order valence-electron chi connectivity index (χ1n) is 10.8. The highest BCUT2D eigenvalue weighted by Gasteiger charge is 2.74. The number of para-hydroxylation sites is 2. The van der Waals surface area contributed by atoms with Gasteiger partial charge in [0.15, 0.2) is 0 Å². The largest absolute Gasteiger partial charge is 0.496 e. The lowest BCUT2D eigenvalue weighted by molar-refractivity contribution is -0.732. The second kappa shape index (κ2) is 7.41. The fourth-order valence-corrected chi connectivity index (χ4v) is 5.78. The predicted octanol–water partition coefficient (Wildman–Crippen LogP) is -0.227. The Hall–Kier alpha value is -3.72. The van der Waals surface area contributed by atoms with E-state index in [1.54, 1.807) is 35.6 Å². The molecule has 0 radical (unpaired) electrons. The number of likely N-dealkylation sites (tertiary alicyclic amines) is 1. The van der Waals surface area contributed by atoms with Crippen LogP contribution in [0.4, 0.5) is 5.69 Å². The molecule has 3 aliphatic heterocycles. The topological polar surface area (TPSA) is 135 Å². The second-order valence-electron chi connectivity index (χ2n) is 8.90. The summed E-state index contributed by atoms with van der Waals surface area (Å²) in [5.41, 5.74) is 7.02. The van der Waals surface area contributed by atoms with Crippen LogP contribution >= 0.6 is 0 Å². The summed E-state index contributed by atoms with van der Waals surface area (Å²) >= 11 is 0. The minimum absolute atomic E-state index is 0.0242. The smallest absolute Gasteiger partial charge is 0.291 e. The SMILES string of the molecule is COc1ccccc1CN1C(=O)[C@@H]2[C@H](CC(N)=O)[NH2+][C@]3(C(=O)Nc4c(C)cccc43)[C@@H]2C1=O. The molecule has 2 aromatic carbocycles. The minimum atomic E-state index is -1.32. The minimum Gasteiger partial charge on any atom is -0.496 e. The summed E-state index contributed by atoms with van der Waals surface area (Å²) in [4.78, 5) is 53.8. The van der Waals surface area contributed by atoms with Gasteiger partial charge in [0.05, 0.1) is 25.8 Å². The Morgan fingerprint density at radius 1 is 1.15 bits per heavy atom. The van der Waals surface area contributed by atoms with Crippen LogP contribution in [0, 0.1) is 18.8 Å². The van der Waals surface area contributed by atoms with Crippen LogP contribution in [0.1, 0.15) is 23.1 Å². The van der Waals surface area contributed by atoms with Crippen molar-refractivity contribution in [3.63, 3.8) is 0 Å². The number of ether oxygens (including phenoxy) is 1. The number of carbonyl (C=O) groups is 4. The third kappa shape index (κ3) is 2.88. The lowest BCUT2D eigenvalue weighted by Crippen LogP contribution is -2.99. The number of benzene rings is 2. The third-order valence-corrected chi connectivity index (χ3v) is 7.16. The van der Waals surface area contributed by atoms with Crippen molar-refractivity contribution in [3.05, 3.63) is 59.2 Å². The van der Waals surface area contributed by atoms with Crippen LogP contribution < -0.4 is 21.1 Å². The van der Waals surface area contributed by atoms with Gasteiger partial charge < -0.3 is 21.1 Å². The van der Waals surface area contributed by atoms with E-state index in [-0.39, 0.29) is 18.9 Å². The van der Waals surface area contributed by atoms with E-state index in [4.69, 9.17) is 10.5 Å². The summed E-state index contributed by atoms with van der Waals surface area (Å²) in [6.45, 7) is 1.90. The molecule has 0 aliphatic carbocycles. The standard InChI is InChI=1S/C24H24N4O5/c1-12-6-5-8-14-20(12)26-23(32)24(14)19-18(15(27-24)10-17(25)29)21(30)28(22(19)31)11-13-7-3-4-9-16(13)33-2/h3-9,15,18-19,27H,10-11H2,1-2H3,(H2,25,29)(H,26,32)/p+1/t15-,18+,19-,24-/m0/s1. The first-order valence-corrected chi connectivity index (χ1v) is 10.8. The number of hydrogen-bond acceptors (Lipinski definition) is 5. The average molecular weight is 449 g/mol. The number of imide groups is 1. The summed E-state index contributed by atoms with van der Waals surface area (Å²) in [6, 6.07) is 12.0. The highest BCUT2D eigenvalue weighted by molar-refractivity contribution is 6.14. The van der Waals surface area contributed by atoms with Crippen molar-refractivity contribution < 1.29 is 29.2 Å². The molecule has 2 fully saturated rings. The van der Waals surface area contributed by atoms with Crippen molar-refractivity contribution in [2.24, 2.45) is 17.6 Å². The molecule has 9 nitrogen and oxygen atoms in total. The van der Waals surface area contributed by atoms with Crippen molar-refractivity contribution in [2.45, 2.75) is 31.5 Å². The fourth-order valence-electron chi connectivity index (χ4n) is 5.78. The van der Waals surface area contributed by atoms with Gasteiger partial charge in [-0.15, -0.1) is 0 Å². The van der Waals surface area contributed by atoms with Gasteiger partial charge >= 0.3 is 0 Å². The van der Waals surface area contributed by atoms with E-state index >= 15 is 0 Å². The maximum Gasteiger partial charge on any atom is 0.291 e. The molecule has 0 unspecified atom stereocenters. The van der Waals surface area contributed by atoms with Crippen LogP contribution in [0.5, 0.6) is 5.75 Å². The van der Waals surface area contributed by atoms with Crippen molar-refractivity contribution in [1.82, 2.24) is 4.90 Å². The van der Waals surface area contributed by atoms with E-state index in [9.17, 15) is 19.2 Å². The highest BCUT2D eigenvalue weighted by Crippen LogP contribution is 2.50. The molecule has 3 aliphatic rings. The molecule has 0 bridgehead atoms. The molecule has 4 atom stereocenters. The molecule has 1 spiro atoms. The molecule has 170 valence electrons. The van der Waals surface area contributed by atoms with Crippen LogP contribution in [0.2, 0.25) is 0 Å². The third-order valence-electron chi connectivity index (χ3n) is 7.16. The van der Waals surface area contributed by atoms with Gasteiger partial charge in [0, 0.05) is 11.1 Å². The number of nitrogens with two attached hydrogens (primary N) is 2. The van der Waals surface area contributed by atoms with Gasteiger partial charge in [0.25, 0.3) is 5.91 Å². The zero-order valence-electron chi connectivity index (χ0n) is 18.3. The van der Waals surface area contributed by atoms with E-state index in [0.29, 0.717) is 22.6 Å². The number of fused-ring (bicyclic) bond motifs is 4. The molecule has 2 saturated heterocycles. The Morgan fingerprint density at radius 3 is 2.64 bits per heavy atom. The predicted molar refractivity (Wildman–Crippen MR) is 117 cm³/mol. The summed E-state index contributed by atoms with van der Waals surface area (Å²) in [7, 11) is 1.52. The average Bonchev–Trinajstić information content (AvgIpc) is 3.35. The van der Waals surface area contributed by atoms with E-state index in [1.165, 1.54) is 12.0 Å². The maximum atomic E-state index is 13.8. The number of nitrogens with one attached hydrogen (secondary N) is 1. The van der Waals surface area contributed by atoms with Gasteiger partial charge in [-0.2, -0.15) is 0 Å². The summed E-state index contributed by atoms with van der Waals surface area (Å²) in [5.74, 6) is -2.98. The Kier molecular flexibility index (Phi) is 4.75. The van der Waals surface area contributed by atoms with Crippen LogP contribution in [0.25, 0.3) is 0 Å². The zero-order valence-corrected chi connectivity index (χ0v) is 18.3. The van der Waals surface area contributed by atoms with Gasteiger partial charge in [-0.1, -0.05) is 36.4 Å². The zero-order chi connectivity index (χ0) is 23.5. The molecular weight excluding hydrogens is 424 g/mol. The molecule has 0 saturated carbocycles. The highest BCUT2D eigenvalue weighted by atomic mass is 16.5. The fraction of sp³-hybridized carbons (Fsp3) is 0.333.